The zero-order valence-corrected chi connectivity index (χ0v) is 14.8. The number of hydrogen-bond acceptors (Lipinski definition) is 3. The summed E-state index contributed by atoms with van der Waals surface area (Å²) in [4.78, 5) is 4.23. The van der Waals surface area contributed by atoms with E-state index in [-0.39, 0.29) is 26.5 Å². The molecule has 0 N–H and O–H groups in total. The van der Waals surface area contributed by atoms with Crippen molar-refractivity contribution in [2.24, 2.45) is 0 Å². The topological polar surface area (TPSA) is 38.9 Å². The van der Waals surface area contributed by atoms with E-state index in [0.29, 0.717) is 0 Å². The molecule has 4 heteroatoms. The van der Waals surface area contributed by atoms with Crippen LogP contribution in [0.3, 0.4) is 0 Å². The summed E-state index contributed by atoms with van der Waals surface area (Å²) in [5.41, 5.74) is 1.74. The molecule has 0 fully saturated rings. The van der Waals surface area contributed by atoms with Crippen LogP contribution >= 0.6 is 0 Å². The van der Waals surface area contributed by atoms with Crippen LogP contribution in [0.2, 0.25) is 0 Å². The number of nitrogens with zero attached hydrogens (tertiary/aromatic N) is 2. The SMILES string of the molecule is CC(C)(C)c1cc2oncc2[c-]n1.C[C-](C)C.[W+2]. The molecule has 0 atom stereocenters. The first-order valence-corrected chi connectivity index (χ1v) is 5.71. The Morgan fingerprint density at radius 3 is 2.28 bits per heavy atom. The van der Waals surface area contributed by atoms with Crippen molar-refractivity contribution in [2.75, 3.05) is 0 Å². The fourth-order valence-electron chi connectivity index (χ4n) is 1.10. The molecular weight excluding hydrogens is 396 g/mol. The third-order valence-corrected chi connectivity index (χ3v) is 1.93. The molecule has 0 bridgehead atoms. The van der Waals surface area contributed by atoms with Crippen molar-refractivity contribution in [3.63, 3.8) is 0 Å². The first-order valence-electron chi connectivity index (χ1n) is 5.71. The Morgan fingerprint density at radius 2 is 1.78 bits per heavy atom. The smallest absolute Gasteiger partial charge is 0.413 e. The van der Waals surface area contributed by atoms with Crippen LogP contribution in [0.5, 0.6) is 0 Å². The number of aromatic nitrogens is 2. The van der Waals surface area contributed by atoms with Crippen LogP contribution in [0, 0.1) is 12.1 Å². The average Bonchev–Trinajstić information content (AvgIpc) is 2.61. The normalized spacial score (nSPS) is 10.8. The first kappa shape index (κ1) is 17.3. The maximum Gasteiger partial charge on any atom is 2.00 e. The fraction of sp³-hybridized carbons (Fsp3) is 0.500. The fourth-order valence-corrected chi connectivity index (χ4v) is 1.10. The van der Waals surface area contributed by atoms with Gasteiger partial charge in [0.1, 0.15) is 0 Å². The summed E-state index contributed by atoms with van der Waals surface area (Å²) in [7, 11) is 0. The molecule has 0 aromatic carbocycles. The maximum absolute atomic E-state index is 5.03. The van der Waals surface area contributed by atoms with E-state index in [4.69, 9.17) is 4.52 Å². The Morgan fingerprint density at radius 1 is 1.22 bits per heavy atom. The molecule has 98 valence electrons. The van der Waals surface area contributed by atoms with Gasteiger partial charge in [-0.05, 0) is 23.5 Å². The molecule has 2 heterocycles. The van der Waals surface area contributed by atoms with Crippen molar-refractivity contribution < 1.29 is 25.6 Å². The van der Waals surface area contributed by atoms with Gasteiger partial charge in [0.05, 0.1) is 5.58 Å². The van der Waals surface area contributed by atoms with E-state index in [1.165, 1.54) is 5.92 Å². The summed E-state index contributed by atoms with van der Waals surface area (Å²) in [6, 6.07) is 1.92. The first-order chi connectivity index (χ1) is 7.80. The van der Waals surface area contributed by atoms with Gasteiger partial charge in [-0.25, -0.2) is 0 Å². The van der Waals surface area contributed by atoms with E-state index < -0.39 is 0 Å². The van der Waals surface area contributed by atoms with Crippen LogP contribution in [-0.2, 0) is 26.5 Å². The predicted molar refractivity (Wildman–Crippen MR) is 69.6 cm³/mol. The van der Waals surface area contributed by atoms with Crippen LogP contribution in [0.25, 0.3) is 11.0 Å². The number of pyridine rings is 1. The average molecular weight is 416 g/mol. The van der Waals surface area contributed by atoms with Crippen molar-refractivity contribution in [2.45, 2.75) is 47.0 Å². The molecule has 0 saturated heterocycles. The van der Waals surface area contributed by atoms with Crippen molar-refractivity contribution >= 4 is 11.0 Å². The summed E-state index contributed by atoms with van der Waals surface area (Å²) in [5.74, 6) is 1.42. The van der Waals surface area contributed by atoms with Crippen molar-refractivity contribution in [1.29, 1.82) is 0 Å². The van der Waals surface area contributed by atoms with Crippen LogP contribution in [0.15, 0.2) is 16.8 Å². The Balaban J connectivity index is 0.000000512. The third-order valence-electron chi connectivity index (χ3n) is 1.93. The van der Waals surface area contributed by atoms with Crippen LogP contribution in [0.1, 0.15) is 47.2 Å². The molecule has 0 amide bonds. The second-order valence-corrected chi connectivity index (χ2v) is 5.61. The molecular formula is C14H20N2OW. The van der Waals surface area contributed by atoms with Gasteiger partial charge in [0, 0.05) is 0 Å². The van der Waals surface area contributed by atoms with E-state index in [2.05, 4.69) is 57.9 Å². The van der Waals surface area contributed by atoms with Crippen LogP contribution in [0.4, 0.5) is 0 Å². The Bertz CT molecular complexity index is 469. The van der Waals surface area contributed by atoms with E-state index >= 15 is 0 Å². The van der Waals surface area contributed by atoms with Crippen molar-refractivity contribution in [3.05, 3.63) is 30.1 Å². The minimum atomic E-state index is 0. The van der Waals surface area contributed by atoms with Gasteiger partial charge in [0.25, 0.3) is 0 Å². The van der Waals surface area contributed by atoms with Gasteiger partial charge in [-0.15, -0.1) is 5.16 Å². The standard InChI is InChI=1S/C10H11N2O.C4H9.W/c1-10(2,3)9-4-8-7(5-11-9)6-12-13-8;1-4(2)3;/h4,6H,1-3H3;1-3H3;/q2*-1;+2. The number of rotatable bonds is 0. The molecule has 2 rings (SSSR count). The summed E-state index contributed by atoms with van der Waals surface area (Å²) >= 11 is 0. The summed E-state index contributed by atoms with van der Waals surface area (Å²) in [6.45, 7) is 12.6. The van der Waals surface area contributed by atoms with Crippen LogP contribution < -0.4 is 0 Å². The zero-order valence-electron chi connectivity index (χ0n) is 11.9. The Hall–Kier alpha value is -0.692. The van der Waals surface area contributed by atoms with Gasteiger partial charge in [-0.1, -0.05) is 32.2 Å². The minimum absolute atomic E-state index is 0. The van der Waals surface area contributed by atoms with Crippen LogP contribution in [-0.4, -0.2) is 10.1 Å². The van der Waals surface area contributed by atoms with E-state index in [0.717, 1.165) is 16.7 Å². The summed E-state index contributed by atoms with van der Waals surface area (Å²) < 4.78 is 5.03. The molecule has 2 aromatic heterocycles. The van der Waals surface area contributed by atoms with Gasteiger partial charge in [-0.2, -0.15) is 20.8 Å². The van der Waals surface area contributed by atoms with E-state index in [9.17, 15) is 0 Å². The van der Waals surface area contributed by atoms with E-state index in [1.54, 1.807) is 6.20 Å². The zero-order chi connectivity index (χ0) is 13.1. The molecule has 0 saturated carbocycles. The number of hydrogen-bond donors (Lipinski definition) is 0. The molecule has 0 unspecified atom stereocenters. The molecule has 18 heavy (non-hydrogen) atoms. The Labute approximate surface area is 124 Å². The van der Waals surface area contributed by atoms with E-state index in [1.807, 2.05) is 6.07 Å². The van der Waals surface area contributed by atoms with Gasteiger partial charge in [-0.3, -0.25) is 0 Å². The molecule has 0 spiro atoms. The van der Waals surface area contributed by atoms with Gasteiger partial charge in [0.15, 0.2) is 0 Å². The summed E-state index contributed by atoms with van der Waals surface area (Å²) in [5, 5.41) is 4.51. The van der Waals surface area contributed by atoms with Gasteiger partial charge < -0.3 is 15.4 Å². The predicted octanol–water partition coefficient (Wildman–Crippen LogP) is 3.94. The van der Waals surface area contributed by atoms with Crippen molar-refractivity contribution in [3.8, 4) is 0 Å². The molecule has 0 aliphatic carbocycles. The minimum Gasteiger partial charge on any atom is -0.413 e. The molecule has 0 aliphatic rings. The second-order valence-electron chi connectivity index (χ2n) is 5.61. The molecule has 2 aromatic rings. The molecule has 3 nitrogen and oxygen atoms in total. The largest absolute Gasteiger partial charge is 2.00 e. The van der Waals surface area contributed by atoms with Gasteiger partial charge in [0.2, 0.25) is 0 Å². The monoisotopic (exact) mass is 416 g/mol. The van der Waals surface area contributed by atoms with Crippen molar-refractivity contribution in [1.82, 2.24) is 10.1 Å². The summed E-state index contributed by atoms with van der Waals surface area (Å²) in [6.07, 6.45) is 4.52. The second kappa shape index (κ2) is 7.03. The maximum atomic E-state index is 5.03. The van der Waals surface area contributed by atoms with Gasteiger partial charge >= 0.3 is 21.1 Å². The quantitative estimate of drug-likeness (QED) is 0.611. The Kier molecular flexibility index (Phi) is 6.76. The number of fused-ring (bicyclic) bond motifs is 1. The molecule has 0 aliphatic heterocycles. The molecule has 0 radical (unpaired) electrons. The third kappa shape index (κ3) is 5.30.